The van der Waals surface area contributed by atoms with Crippen molar-refractivity contribution in [3.8, 4) is 0 Å². The summed E-state index contributed by atoms with van der Waals surface area (Å²) in [5.41, 5.74) is 0. The highest BCUT2D eigenvalue weighted by Crippen LogP contribution is 1.82. The van der Waals surface area contributed by atoms with Gasteiger partial charge in [0.2, 0.25) is 0 Å². The van der Waals surface area contributed by atoms with Crippen LogP contribution in [-0.2, 0) is 13.5 Å². The number of nitrogens with zero attached hydrogens (tertiary/aromatic N) is 4. The Morgan fingerprint density at radius 2 is 2.38 bits per heavy atom. The van der Waals surface area contributed by atoms with E-state index < -0.39 is 0 Å². The number of hydrogen-bond donors (Lipinski definition) is 2. The monoisotopic (exact) mass is 181 g/mol. The molecule has 2 heterocycles. The van der Waals surface area contributed by atoms with Crippen molar-refractivity contribution in [3.05, 3.63) is 24.5 Å². The molecule has 70 valence electrons. The molecule has 0 spiro atoms. The Balaban J connectivity index is 0.000000145. The van der Waals surface area contributed by atoms with Crippen LogP contribution < -0.4 is 4.57 Å². The second kappa shape index (κ2) is 5.02. The summed E-state index contributed by atoms with van der Waals surface area (Å²) >= 11 is 0. The van der Waals surface area contributed by atoms with Gasteiger partial charge < -0.3 is 0 Å². The van der Waals surface area contributed by atoms with Crippen molar-refractivity contribution in [2.45, 2.75) is 13.3 Å². The minimum Gasteiger partial charge on any atom is -0.248 e. The highest BCUT2D eigenvalue weighted by molar-refractivity contribution is 4.74. The molecule has 2 aromatic rings. The Morgan fingerprint density at radius 3 is 2.62 bits per heavy atom. The number of aryl methyl sites for hydroxylation is 2. The van der Waals surface area contributed by atoms with Gasteiger partial charge in [0.15, 0.2) is 6.33 Å². The Labute approximate surface area is 76.0 Å². The van der Waals surface area contributed by atoms with Crippen LogP contribution in [0.2, 0.25) is 0 Å². The third kappa shape index (κ3) is 3.02. The number of aromatic nitrogens is 6. The minimum atomic E-state index is 1.07. The number of aromatic amines is 2. The maximum atomic E-state index is 3.38. The quantitative estimate of drug-likeness (QED) is 0.588. The van der Waals surface area contributed by atoms with Crippen LogP contribution in [0.15, 0.2) is 18.7 Å². The highest BCUT2D eigenvalue weighted by atomic mass is 15.5. The van der Waals surface area contributed by atoms with Crippen LogP contribution in [-0.4, -0.2) is 25.6 Å². The maximum absolute atomic E-state index is 3.38. The second-order valence-corrected chi connectivity index (χ2v) is 2.43. The summed E-state index contributed by atoms with van der Waals surface area (Å²) in [6.07, 6.45) is 6.36. The van der Waals surface area contributed by atoms with E-state index in [1.807, 2.05) is 19.4 Å². The highest BCUT2D eigenvalue weighted by Gasteiger charge is 1.99. The molecule has 0 saturated carbocycles. The summed E-state index contributed by atoms with van der Waals surface area (Å²) < 4.78 is 2.08. The van der Waals surface area contributed by atoms with Gasteiger partial charge in [-0.1, -0.05) is 12.1 Å². The number of H-pyrrole nitrogens is 2. The number of hydrogen-bond acceptors (Lipinski definition) is 3. The number of imidazole rings is 1. The summed E-state index contributed by atoms with van der Waals surface area (Å²) in [5, 5.41) is 12.2. The van der Waals surface area contributed by atoms with E-state index >= 15 is 0 Å². The molecule has 0 aliphatic rings. The van der Waals surface area contributed by atoms with Gasteiger partial charge in [0, 0.05) is 6.42 Å². The largest absolute Gasteiger partial charge is 0.253 e. The van der Waals surface area contributed by atoms with Crippen molar-refractivity contribution in [2.75, 3.05) is 0 Å². The summed E-state index contributed by atoms with van der Waals surface area (Å²) in [6.45, 7) is 2.13. The zero-order valence-electron chi connectivity index (χ0n) is 7.73. The normalized spacial score (nSPS) is 9.08. The van der Waals surface area contributed by atoms with Crippen LogP contribution in [0.4, 0.5) is 0 Å². The molecule has 13 heavy (non-hydrogen) atoms. The van der Waals surface area contributed by atoms with Gasteiger partial charge in [-0.25, -0.2) is 9.55 Å². The van der Waals surface area contributed by atoms with Crippen molar-refractivity contribution in [3.63, 3.8) is 0 Å². The molecule has 6 heteroatoms. The predicted molar refractivity (Wildman–Crippen MR) is 45.5 cm³/mol. The Hall–Kier alpha value is -1.72. The molecule has 2 rings (SSSR count). The molecule has 0 bridgehead atoms. The molecule has 2 N–H and O–H groups in total. The standard InChI is InChI=1S/C6H10N2.CH2N4/c1-3-6-7-4-5-8(6)2;1-2-4-5-3-1/h4-5H,3H2,1-2H3;1H,(H,2,3,4,5)/p+1. The number of rotatable bonds is 1. The zero-order chi connectivity index (χ0) is 9.52. The van der Waals surface area contributed by atoms with Gasteiger partial charge in [0.1, 0.15) is 12.4 Å². The van der Waals surface area contributed by atoms with Crippen molar-refractivity contribution in [1.82, 2.24) is 25.6 Å². The van der Waals surface area contributed by atoms with E-state index in [0.717, 1.165) is 6.42 Å². The SMILES string of the molecule is CCc1[nH]cc[n+]1C.c1nn[nH]n1. The Morgan fingerprint density at radius 1 is 1.54 bits per heavy atom. The van der Waals surface area contributed by atoms with Crippen LogP contribution in [0.3, 0.4) is 0 Å². The van der Waals surface area contributed by atoms with Crippen molar-refractivity contribution < 1.29 is 4.57 Å². The first-order valence-electron chi connectivity index (χ1n) is 4.03. The molecule has 0 unspecified atom stereocenters. The van der Waals surface area contributed by atoms with Crippen LogP contribution in [0.1, 0.15) is 12.7 Å². The third-order valence-corrected chi connectivity index (χ3v) is 1.58. The molecule has 0 radical (unpaired) electrons. The van der Waals surface area contributed by atoms with Gasteiger partial charge in [-0.15, -0.1) is 10.2 Å². The van der Waals surface area contributed by atoms with E-state index in [4.69, 9.17) is 0 Å². The number of nitrogens with one attached hydrogen (secondary N) is 2. The molecule has 2 aromatic heterocycles. The fraction of sp³-hybridized carbons (Fsp3) is 0.429. The van der Waals surface area contributed by atoms with Gasteiger partial charge in [0.05, 0.1) is 7.05 Å². The molecule has 0 aromatic carbocycles. The molecule has 6 nitrogen and oxygen atoms in total. The van der Waals surface area contributed by atoms with Gasteiger partial charge >= 0.3 is 0 Å². The molecule has 0 atom stereocenters. The summed E-state index contributed by atoms with van der Waals surface area (Å²) in [6, 6.07) is 0. The average Bonchev–Trinajstić information content (AvgIpc) is 2.76. The molecule has 0 fully saturated rings. The first-order chi connectivity index (χ1) is 6.34. The Kier molecular flexibility index (Phi) is 3.62. The fourth-order valence-corrected chi connectivity index (χ4v) is 0.918. The van der Waals surface area contributed by atoms with E-state index in [0.29, 0.717) is 0 Å². The van der Waals surface area contributed by atoms with Crippen LogP contribution in [0.25, 0.3) is 0 Å². The zero-order valence-corrected chi connectivity index (χ0v) is 7.73. The van der Waals surface area contributed by atoms with Gasteiger partial charge in [-0.3, -0.25) is 0 Å². The average molecular weight is 181 g/mol. The van der Waals surface area contributed by atoms with E-state index in [-0.39, 0.29) is 0 Å². The molecular weight excluding hydrogens is 168 g/mol. The van der Waals surface area contributed by atoms with Crippen molar-refractivity contribution in [1.29, 1.82) is 0 Å². The van der Waals surface area contributed by atoms with Crippen molar-refractivity contribution in [2.24, 2.45) is 7.05 Å². The molecular formula is C7H13N6+. The van der Waals surface area contributed by atoms with E-state index in [9.17, 15) is 0 Å². The van der Waals surface area contributed by atoms with E-state index in [1.165, 1.54) is 12.2 Å². The van der Waals surface area contributed by atoms with Crippen LogP contribution in [0.5, 0.6) is 0 Å². The molecule has 0 aliphatic carbocycles. The van der Waals surface area contributed by atoms with Gasteiger partial charge in [0.25, 0.3) is 5.82 Å². The fourth-order valence-electron chi connectivity index (χ4n) is 0.918. The molecule has 0 saturated heterocycles. The summed E-state index contributed by atoms with van der Waals surface area (Å²) in [4.78, 5) is 3.12. The first-order valence-corrected chi connectivity index (χ1v) is 4.03. The van der Waals surface area contributed by atoms with E-state index in [1.54, 1.807) is 0 Å². The summed E-state index contributed by atoms with van der Waals surface area (Å²) in [5.74, 6) is 1.27. The summed E-state index contributed by atoms with van der Waals surface area (Å²) in [7, 11) is 2.04. The van der Waals surface area contributed by atoms with Crippen LogP contribution >= 0.6 is 0 Å². The third-order valence-electron chi connectivity index (χ3n) is 1.58. The first kappa shape index (κ1) is 9.37. The lowest BCUT2D eigenvalue weighted by Gasteiger charge is -1.83. The predicted octanol–water partition coefficient (Wildman–Crippen LogP) is -0.399. The lowest BCUT2D eigenvalue weighted by molar-refractivity contribution is -0.677. The maximum Gasteiger partial charge on any atom is 0.253 e. The van der Waals surface area contributed by atoms with Crippen molar-refractivity contribution >= 4 is 0 Å². The topological polar surface area (TPSA) is 74.1 Å². The van der Waals surface area contributed by atoms with Crippen LogP contribution in [0, 0.1) is 0 Å². The Bertz CT molecular complexity index is 294. The smallest absolute Gasteiger partial charge is 0.248 e. The van der Waals surface area contributed by atoms with E-state index in [2.05, 4.69) is 37.1 Å². The lowest BCUT2D eigenvalue weighted by atomic mass is 10.5. The van der Waals surface area contributed by atoms with Gasteiger partial charge in [-0.05, 0) is 0 Å². The lowest BCUT2D eigenvalue weighted by Crippen LogP contribution is -2.29. The molecule has 0 aliphatic heterocycles. The van der Waals surface area contributed by atoms with Gasteiger partial charge in [-0.2, -0.15) is 5.21 Å². The molecule has 0 amide bonds. The number of tetrazole rings is 1. The second-order valence-electron chi connectivity index (χ2n) is 2.43. The minimum absolute atomic E-state index is 1.07.